The van der Waals surface area contributed by atoms with Crippen LogP contribution in [0.3, 0.4) is 0 Å². The zero-order valence-electron chi connectivity index (χ0n) is 12.5. The van der Waals surface area contributed by atoms with Crippen LogP contribution in [0.2, 0.25) is 0 Å². The molecule has 0 saturated carbocycles. The van der Waals surface area contributed by atoms with Gasteiger partial charge in [0.05, 0.1) is 7.11 Å². The van der Waals surface area contributed by atoms with Crippen LogP contribution < -0.4 is 11.1 Å². The summed E-state index contributed by atoms with van der Waals surface area (Å²) in [6.07, 6.45) is 5.51. The molecule has 114 valence electrons. The molecule has 0 spiro atoms. The van der Waals surface area contributed by atoms with Gasteiger partial charge in [0.25, 0.3) is 5.91 Å². The summed E-state index contributed by atoms with van der Waals surface area (Å²) in [4.78, 5) is 23.1. The van der Waals surface area contributed by atoms with Crippen LogP contribution in [0.5, 0.6) is 0 Å². The molecule has 0 heterocycles. The van der Waals surface area contributed by atoms with E-state index in [0.717, 1.165) is 12.0 Å². The molecule has 1 aromatic carbocycles. The predicted octanol–water partition coefficient (Wildman–Crippen LogP) is 2.38. The van der Waals surface area contributed by atoms with Gasteiger partial charge in [-0.15, -0.1) is 0 Å². The van der Waals surface area contributed by atoms with E-state index in [1.54, 1.807) is 18.2 Å². The van der Waals surface area contributed by atoms with Crippen molar-refractivity contribution in [3.63, 3.8) is 0 Å². The van der Waals surface area contributed by atoms with Gasteiger partial charge in [-0.2, -0.15) is 0 Å². The van der Waals surface area contributed by atoms with Crippen LogP contribution in [0, 0.1) is 0 Å². The number of carbonyl (C=O) groups is 2. The second-order valence-corrected chi connectivity index (χ2v) is 4.64. The number of rotatable bonds is 7. The number of methoxy groups -OCH3 is 1. The van der Waals surface area contributed by atoms with Gasteiger partial charge in [-0.05, 0) is 43.5 Å². The maximum Gasteiger partial charge on any atom is 0.305 e. The van der Waals surface area contributed by atoms with Gasteiger partial charge in [0.15, 0.2) is 0 Å². The van der Waals surface area contributed by atoms with Crippen molar-refractivity contribution in [3.8, 4) is 0 Å². The minimum atomic E-state index is -0.227. The molecule has 1 aromatic rings. The Balaban J connectivity index is 2.50. The minimum absolute atomic E-state index is 0.138. The lowest BCUT2D eigenvalue weighted by Gasteiger charge is -2.08. The number of nitrogens with one attached hydrogen (secondary N) is 1. The van der Waals surface area contributed by atoms with E-state index in [4.69, 9.17) is 5.73 Å². The Bertz CT molecular complexity index is 524. The Morgan fingerprint density at radius 3 is 2.76 bits per heavy atom. The Hall–Kier alpha value is -2.30. The standard InChI is InChI=1S/C16H22N2O3/c1-3-6-12-11-13(17)8-9-14(12)16(20)18-10-5-4-7-15(19)21-2/h3,6,8-9,11H,4-5,7,10,17H2,1-2H3,(H,18,20)/b6-3+. The van der Waals surface area contributed by atoms with Crippen LogP contribution in [-0.2, 0) is 9.53 Å². The van der Waals surface area contributed by atoms with E-state index in [1.807, 2.05) is 19.1 Å². The van der Waals surface area contributed by atoms with Crippen molar-refractivity contribution in [2.24, 2.45) is 0 Å². The van der Waals surface area contributed by atoms with E-state index in [-0.39, 0.29) is 11.9 Å². The average molecular weight is 290 g/mol. The number of hydrogen-bond donors (Lipinski definition) is 2. The highest BCUT2D eigenvalue weighted by atomic mass is 16.5. The summed E-state index contributed by atoms with van der Waals surface area (Å²) in [5, 5.41) is 2.84. The number of hydrogen-bond acceptors (Lipinski definition) is 4. The number of unbranched alkanes of at least 4 members (excludes halogenated alkanes) is 1. The normalized spacial score (nSPS) is 10.6. The predicted molar refractivity (Wildman–Crippen MR) is 83.8 cm³/mol. The van der Waals surface area contributed by atoms with Crippen LogP contribution in [-0.4, -0.2) is 25.5 Å². The molecule has 5 heteroatoms. The molecule has 5 nitrogen and oxygen atoms in total. The van der Waals surface area contributed by atoms with Crippen molar-refractivity contribution >= 4 is 23.6 Å². The van der Waals surface area contributed by atoms with E-state index < -0.39 is 0 Å². The molecule has 0 bridgehead atoms. The van der Waals surface area contributed by atoms with Gasteiger partial charge >= 0.3 is 5.97 Å². The Morgan fingerprint density at radius 1 is 1.33 bits per heavy atom. The summed E-state index contributed by atoms with van der Waals surface area (Å²) in [6.45, 7) is 2.41. The summed E-state index contributed by atoms with van der Waals surface area (Å²) in [5.41, 5.74) is 7.74. The molecule has 0 atom stereocenters. The molecular weight excluding hydrogens is 268 g/mol. The molecule has 3 N–H and O–H groups in total. The first-order chi connectivity index (χ1) is 10.1. The zero-order chi connectivity index (χ0) is 15.7. The van der Waals surface area contributed by atoms with E-state index >= 15 is 0 Å². The molecule has 0 aliphatic rings. The number of carbonyl (C=O) groups excluding carboxylic acids is 2. The monoisotopic (exact) mass is 290 g/mol. The molecular formula is C16H22N2O3. The molecule has 0 radical (unpaired) electrons. The fourth-order valence-corrected chi connectivity index (χ4v) is 1.90. The van der Waals surface area contributed by atoms with E-state index in [9.17, 15) is 9.59 Å². The van der Waals surface area contributed by atoms with Crippen LogP contribution in [0.15, 0.2) is 24.3 Å². The molecule has 0 fully saturated rings. The third-order valence-corrected chi connectivity index (χ3v) is 2.99. The van der Waals surface area contributed by atoms with Crippen molar-refractivity contribution < 1.29 is 14.3 Å². The second-order valence-electron chi connectivity index (χ2n) is 4.64. The molecule has 1 rings (SSSR count). The molecule has 0 saturated heterocycles. The number of anilines is 1. The van der Waals surface area contributed by atoms with Crippen LogP contribution in [0.4, 0.5) is 5.69 Å². The van der Waals surface area contributed by atoms with Gasteiger partial charge < -0.3 is 15.8 Å². The maximum absolute atomic E-state index is 12.1. The highest BCUT2D eigenvalue weighted by Gasteiger charge is 2.09. The van der Waals surface area contributed by atoms with Crippen molar-refractivity contribution in [3.05, 3.63) is 35.4 Å². The van der Waals surface area contributed by atoms with Gasteiger partial charge in [-0.25, -0.2) is 0 Å². The summed E-state index contributed by atoms with van der Waals surface area (Å²) in [6, 6.07) is 5.19. The van der Waals surface area contributed by atoms with Gasteiger partial charge in [-0.3, -0.25) is 9.59 Å². The number of allylic oxidation sites excluding steroid dienone is 1. The van der Waals surface area contributed by atoms with Gasteiger partial charge in [0.2, 0.25) is 0 Å². The molecule has 0 aromatic heterocycles. The highest BCUT2D eigenvalue weighted by molar-refractivity contribution is 5.98. The van der Waals surface area contributed by atoms with Gasteiger partial charge in [-0.1, -0.05) is 12.2 Å². The smallest absolute Gasteiger partial charge is 0.305 e. The molecule has 0 unspecified atom stereocenters. The number of esters is 1. The lowest BCUT2D eigenvalue weighted by Crippen LogP contribution is -2.25. The van der Waals surface area contributed by atoms with Crippen LogP contribution >= 0.6 is 0 Å². The zero-order valence-corrected chi connectivity index (χ0v) is 12.5. The fraction of sp³-hybridized carbons (Fsp3) is 0.375. The summed E-state index contributed by atoms with van der Waals surface area (Å²) < 4.78 is 4.56. The van der Waals surface area contributed by atoms with Crippen molar-refractivity contribution in [1.29, 1.82) is 0 Å². The first-order valence-corrected chi connectivity index (χ1v) is 6.95. The Kier molecular flexibility index (Phi) is 7.01. The highest BCUT2D eigenvalue weighted by Crippen LogP contribution is 2.15. The molecule has 0 aliphatic heterocycles. The quantitative estimate of drug-likeness (QED) is 0.459. The Morgan fingerprint density at radius 2 is 2.10 bits per heavy atom. The number of ether oxygens (including phenoxy) is 1. The first-order valence-electron chi connectivity index (χ1n) is 6.95. The average Bonchev–Trinajstić information content (AvgIpc) is 2.47. The topological polar surface area (TPSA) is 81.4 Å². The third-order valence-electron chi connectivity index (χ3n) is 2.99. The molecule has 21 heavy (non-hydrogen) atoms. The van der Waals surface area contributed by atoms with Gasteiger partial charge in [0, 0.05) is 24.2 Å². The van der Waals surface area contributed by atoms with E-state index in [2.05, 4.69) is 10.1 Å². The SMILES string of the molecule is C/C=C/c1cc(N)ccc1C(=O)NCCCCC(=O)OC. The number of amides is 1. The second kappa shape index (κ2) is 8.79. The number of nitrogen functional groups attached to an aromatic ring is 1. The first kappa shape index (κ1) is 16.8. The van der Waals surface area contributed by atoms with Crippen LogP contribution in [0.25, 0.3) is 6.08 Å². The number of benzene rings is 1. The van der Waals surface area contributed by atoms with Gasteiger partial charge in [0.1, 0.15) is 0 Å². The lowest BCUT2D eigenvalue weighted by atomic mass is 10.1. The molecule has 0 aliphatic carbocycles. The van der Waals surface area contributed by atoms with Crippen molar-refractivity contribution in [2.75, 3.05) is 19.4 Å². The summed E-state index contributed by atoms with van der Waals surface area (Å²) in [7, 11) is 1.37. The van der Waals surface area contributed by atoms with E-state index in [0.29, 0.717) is 30.6 Å². The van der Waals surface area contributed by atoms with Crippen molar-refractivity contribution in [1.82, 2.24) is 5.32 Å². The summed E-state index contributed by atoms with van der Waals surface area (Å²) >= 11 is 0. The van der Waals surface area contributed by atoms with Crippen LogP contribution in [0.1, 0.15) is 42.1 Å². The van der Waals surface area contributed by atoms with Crippen molar-refractivity contribution in [2.45, 2.75) is 26.2 Å². The molecule has 1 amide bonds. The van der Waals surface area contributed by atoms with E-state index in [1.165, 1.54) is 7.11 Å². The largest absolute Gasteiger partial charge is 0.469 e. The number of nitrogens with two attached hydrogens (primary N) is 1. The third kappa shape index (κ3) is 5.69. The summed E-state index contributed by atoms with van der Waals surface area (Å²) in [5.74, 6) is -0.364. The lowest BCUT2D eigenvalue weighted by molar-refractivity contribution is -0.140. The Labute approximate surface area is 125 Å². The fourth-order valence-electron chi connectivity index (χ4n) is 1.90. The maximum atomic E-state index is 12.1. The minimum Gasteiger partial charge on any atom is -0.469 e.